The number of nitrogens with one attached hydrogen (secondary N) is 2. The van der Waals surface area contributed by atoms with E-state index in [0.29, 0.717) is 0 Å². The molecule has 0 spiro atoms. The lowest BCUT2D eigenvalue weighted by Gasteiger charge is -2.25. The maximum absolute atomic E-state index is 5.90. The lowest BCUT2D eigenvalue weighted by molar-refractivity contribution is 0.0394. The summed E-state index contributed by atoms with van der Waals surface area (Å²) >= 11 is 5.90. The second-order valence-corrected chi connectivity index (χ2v) is 5.95. The third-order valence-electron chi connectivity index (χ3n) is 3.75. The Labute approximate surface area is 167 Å². The van der Waals surface area contributed by atoms with E-state index in [1.54, 1.807) is 0 Å². The summed E-state index contributed by atoms with van der Waals surface area (Å²) in [5.74, 6) is 0.884. The van der Waals surface area contributed by atoms with Gasteiger partial charge in [-0.05, 0) is 31.0 Å². The third-order valence-corrected chi connectivity index (χ3v) is 4.01. The van der Waals surface area contributed by atoms with Crippen molar-refractivity contribution in [1.29, 1.82) is 0 Å². The van der Waals surface area contributed by atoms with Gasteiger partial charge in [-0.3, -0.25) is 9.89 Å². The average Bonchev–Trinajstić information content (AvgIpc) is 2.58. The number of guanidine groups is 1. The summed E-state index contributed by atoms with van der Waals surface area (Å²) in [6.07, 6.45) is 0.949. The van der Waals surface area contributed by atoms with Crippen molar-refractivity contribution >= 4 is 41.5 Å². The summed E-state index contributed by atoms with van der Waals surface area (Å²) in [5, 5.41) is 7.45. The number of aliphatic imine (C=N–C) groups is 1. The van der Waals surface area contributed by atoms with Crippen LogP contribution in [0.5, 0.6) is 0 Å². The molecule has 2 rings (SSSR count). The number of rotatable bonds is 7. The topological polar surface area (TPSA) is 48.9 Å². The van der Waals surface area contributed by atoms with Crippen molar-refractivity contribution in [2.75, 3.05) is 52.5 Å². The van der Waals surface area contributed by atoms with Crippen LogP contribution in [0.3, 0.4) is 0 Å². The number of benzene rings is 1. The maximum atomic E-state index is 5.90. The fourth-order valence-electron chi connectivity index (χ4n) is 2.45. The number of nitrogens with zero attached hydrogens (tertiary/aromatic N) is 2. The first-order valence-corrected chi connectivity index (χ1v) is 8.72. The molecule has 0 atom stereocenters. The Morgan fingerprint density at radius 1 is 1.21 bits per heavy atom. The minimum atomic E-state index is 0. The van der Waals surface area contributed by atoms with Crippen molar-refractivity contribution in [3.63, 3.8) is 0 Å². The van der Waals surface area contributed by atoms with Gasteiger partial charge in [0.15, 0.2) is 5.96 Å². The predicted octanol–water partition coefficient (Wildman–Crippen LogP) is 2.39. The Hall–Kier alpha value is -0.570. The second-order valence-electron chi connectivity index (χ2n) is 5.52. The van der Waals surface area contributed by atoms with Crippen LogP contribution in [0, 0.1) is 0 Å². The van der Waals surface area contributed by atoms with E-state index in [4.69, 9.17) is 16.3 Å². The van der Waals surface area contributed by atoms with Gasteiger partial charge in [-0.15, -0.1) is 24.0 Å². The second kappa shape index (κ2) is 12.7. The lowest BCUT2D eigenvalue weighted by atomic mass is 10.1. The van der Waals surface area contributed by atoms with E-state index in [9.17, 15) is 0 Å². The van der Waals surface area contributed by atoms with E-state index in [0.717, 1.165) is 69.9 Å². The molecule has 0 bridgehead atoms. The molecule has 1 saturated heterocycles. The monoisotopic (exact) mass is 466 g/mol. The minimum Gasteiger partial charge on any atom is -0.379 e. The zero-order chi connectivity index (χ0) is 16.3. The molecule has 1 aromatic carbocycles. The van der Waals surface area contributed by atoms with Crippen molar-refractivity contribution in [2.24, 2.45) is 4.99 Å². The number of hydrogen-bond donors (Lipinski definition) is 2. The van der Waals surface area contributed by atoms with Gasteiger partial charge in [-0.1, -0.05) is 23.7 Å². The fraction of sp³-hybridized carbons (Fsp3) is 0.588. The molecule has 1 aromatic rings. The number of morpholine rings is 1. The zero-order valence-electron chi connectivity index (χ0n) is 14.3. The van der Waals surface area contributed by atoms with Gasteiger partial charge >= 0.3 is 0 Å². The van der Waals surface area contributed by atoms with Crippen LogP contribution in [-0.4, -0.2) is 63.3 Å². The minimum absolute atomic E-state index is 0. The highest BCUT2D eigenvalue weighted by Crippen LogP contribution is 2.09. The molecular weight excluding hydrogens is 439 g/mol. The molecule has 7 heteroatoms. The summed E-state index contributed by atoms with van der Waals surface area (Å²) in [6, 6.07) is 7.98. The van der Waals surface area contributed by atoms with Crippen molar-refractivity contribution in [2.45, 2.75) is 13.3 Å². The summed E-state index contributed by atoms with van der Waals surface area (Å²) in [7, 11) is 0. The molecule has 0 radical (unpaired) electrons. The van der Waals surface area contributed by atoms with Crippen molar-refractivity contribution in [1.82, 2.24) is 15.5 Å². The average molecular weight is 467 g/mol. The molecule has 0 aliphatic carbocycles. The van der Waals surface area contributed by atoms with Crippen LogP contribution >= 0.6 is 35.6 Å². The standard InChI is InChI=1S/C17H27ClN4O.HI/c1-2-19-17(21-9-10-22-11-13-23-14-12-22)20-8-7-15-3-5-16(18)6-4-15;/h3-6H,2,7-14H2,1H3,(H2,19,20,21);1H. The van der Waals surface area contributed by atoms with Gasteiger partial charge in [0.05, 0.1) is 19.8 Å². The van der Waals surface area contributed by atoms with E-state index in [2.05, 4.69) is 39.6 Å². The lowest BCUT2D eigenvalue weighted by Crippen LogP contribution is -2.40. The highest BCUT2D eigenvalue weighted by Gasteiger charge is 2.09. The molecule has 0 saturated carbocycles. The van der Waals surface area contributed by atoms with Crippen LogP contribution in [0.25, 0.3) is 0 Å². The molecular formula is C17H28ClIN4O. The normalized spacial score (nSPS) is 15.7. The Morgan fingerprint density at radius 2 is 1.92 bits per heavy atom. The van der Waals surface area contributed by atoms with Crippen LogP contribution in [0.1, 0.15) is 12.5 Å². The van der Waals surface area contributed by atoms with Crippen LogP contribution < -0.4 is 10.6 Å². The van der Waals surface area contributed by atoms with Gasteiger partial charge in [0.2, 0.25) is 0 Å². The van der Waals surface area contributed by atoms with Crippen LogP contribution in [0.15, 0.2) is 29.3 Å². The highest BCUT2D eigenvalue weighted by atomic mass is 127. The SMILES string of the molecule is CCNC(=NCCN1CCOCC1)NCCc1ccc(Cl)cc1.I. The number of ether oxygens (including phenoxy) is 1. The van der Waals surface area contributed by atoms with Gasteiger partial charge in [-0.25, -0.2) is 0 Å². The van der Waals surface area contributed by atoms with Crippen molar-refractivity contribution < 1.29 is 4.74 Å². The predicted molar refractivity (Wildman–Crippen MR) is 112 cm³/mol. The quantitative estimate of drug-likeness (QED) is 0.368. The molecule has 1 fully saturated rings. The van der Waals surface area contributed by atoms with E-state index in [1.807, 2.05) is 12.1 Å². The molecule has 1 aliphatic rings. The maximum Gasteiger partial charge on any atom is 0.191 e. The Kier molecular flexibility index (Phi) is 11.4. The molecule has 1 aliphatic heterocycles. The summed E-state index contributed by atoms with van der Waals surface area (Å²) in [5.41, 5.74) is 1.27. The van der Waals surface area contributed by atoms with E-state index in [-0.39, 0.29) is 24.0 Å². The largest absolute Gasteiger partial charge is 0.379 e. The molecule has 2 N–H and O–H groups in total. The molecule has 0 aromatic heterocycles. The van der Waals surface area contributed by atoms with E-state index in [1.165, 1.54) is 5.56 Å². The van der Waals surface area contributed by atoms with E-state index < -0.39 is 0 Å². The molecule has 0 amide bonds. The van der Waals surface area contributed by atoms with Crippen LogP contribution in [-0.2, 0) is 11.2 Å². The van der Waals surface area contributed by atoms with Crippen LogP contribution in [0.4, 0.5) is 0 Å². The third kappa shape index (κ3) is 8.50. The Bertz CT molecular complexity index is 478. The first kappa shape index (κ1) is 21.5. The zero-order valence-corrected chi connectivity index (χ0v) is 17.3. The number of halogens is 2. The van der Waals surface area contributed by atoms with Crippen molar-refractivity contribution in [3.05, 3.63) is 34.9 Å². The molecule has 136 valence electrons. The van der Waals surface area contributed by atoms with Gasteiger partial charge in [0.1, 0.15) is 0 Å². The first-order chi connectivity index (χ1) is 11.3. The van der Waals surface area contributed by atoms with Crippen molar-refractivity contribution in [3.8, 4) is 0 Å². The Morgan fingerprint density at radius 3 is 2.58 bits per heavy atom. The first-order valence-electron chi connectivity index (χ1n) is 8.34. The van der Waals surface area contributed by atoms with Gasteiger partial charge < -0.3 is 15.4 Å². The molecule has 0 unspecified atom stereocenters. The fourth-order valence-corrected chi connectivity index (χ4v) is 2.57. The van der Waals surface area contributed by atoms with Gasteiger partial charge in [0, 0.05) is 37.7 Å². The smallest absolute Gasteiger partial charge is 0.191 e. The molecule has 5 nitrogen and oxygen atoms in total. The summed E-state index contributed by atoms with van der Waals surface area (Å²) in [6.45, 7) is 9.28. The summed E-state index contributed by atoms with van der Waals surface area (Å²) in [4.78, 5) is 7.04. The number of hydrogen-bond acceptors (Lipinski definition) is 3. The van der Waals surface area contributed by atoms with E-state index >= 15 is 0 Å². The van der Waals surface area contributed by atoms with Gasteiger partial charge in [-0.2, -0.15) is 0 Å². The van der Waals surface area contributed by atoms with Crippen LogP contribution in [0.2, 0.25) is 5.02 Å². The molecule has 24 heavy (non-hydrogen) atoms. The molecule has 1 heterocycles. The summed E-state index contributed by atoms with van der Waals surface area (Å²) < 4.78 is 5.36. The highest BCUT2D eigenvalue weighted by molar-refractivity contribution is 14.0. The Balaban J connectivity index is 0.00000288. The van der Waals surface area contributed by atoms with Gasteiger partial charge in [0.25, 0.3) is 0 Å².